The van der Waals surface area contributed by atoms with Gasteiger partial charge in [-0.15, -0.1) is 0 Å². The normalized spacial score (nSPS) is 13.6. The molecule has 6 nitrogen and oxygen atoms in total. The van der Waals surface area contributed by atoms with E-state index in [4.69, 9.17) is 4.74 Å². The number of hydrogen-bond donors (Lipinski definition) is 1. The molecule has 2 heterocycles. The summed E-state index contributed by atoms with van der Waals surface area (Å²) in [7, 11) is 0. The number of ether oxygens (including phenoxy) is 1. The number of carbonyl (C=O) groups is 1. The second-order valence-corrected chi connectivity index (χ2v) is 9.31. The van der Waals surface area contributed by atoms with Gasteiger partial charge in [-0.3, -0.25) is 14.7 Å². The van der Waals surface area contributed by atoms with Crippen molar-refractivity contribution in [3.63, 3.8) is 0 Å². The van der Waals surface area contributed by atoms with Crippen LogP contribution in [0.2, 0.25) is 0 Å². The second kappa shape index (κ2) is 11.9. The zero-order valence-corrected chi connectivity index (χ0v) is 21.3. The highest BCUT2D eigenvalue weighted by Gasteiger charge is 2.19. The Hall–Kier alpha value is -4.56. The Morgan fingerprint density at radius 1 is 0.872 bits per heavy atom. The van der Waals surface area contributed by atoms with Gasteiger partial charge in [0.25, 0.3) is 5.91 Å². The first kappa shape index (κ1) is 26.1. The first-order valence-electron chi connectivity index (χ1n) is 12.6. The molecule has 1 amide bonds. The van der Waals surface area contributed by atoms with E-state index in [1.165, 1.54) is 24.3 Å². The minimum atomic E-state index is -0.375. The molecule has 0 saturated carbocycles. The van der Waals surface area contributed by atoms with Crippen molar-refractivity contribution in [3.05, 3.63) is 126 Å². The summed E-state index contributed by atoms with van der Waals surface area (Å²) >= 11 is 0. The predicted octanol–water partition coefficient (Wildman–Crippen LogP) is 6.19. The fourth-order valence-corrected chi connectivity index (χ4v) is 4.37. The number of nitrogens with one attached hydrogen (secondary N) is 1. The number of pyridine rings is 1. The number of rotatable bonds is 8. The number of aromatic nitrogens is 1. The van der Waals surface area contributed by atoms with Gasteiger partial charge in [0.1, 0.15) is 28.8 Å². The van der Waals surface area contributed by atoms with Crippen molar-refractivity contribution < 1.29 is 18.3 Å². The lowest BCUT2D eigenvalue weighted by atomic mass is 10.1. The molecule has 5 rings (SSSR count). The molecule has 198 valence electrons. The molecule has 39 heavy (non-hydrogen) atoms. The van der Waals surface area contributed by atoms with Crippen LogP contribution in [0.25, 0.3) is 5.70 Å². The van der Waals surface area contributed by atoms with E-state index >= 15 is 0 Å². The van der Waals surface area contributed by atoms with Gasteiger partial charge in [0, 0.05) is 61.9 Å². The van der Waals surface area contributed by atoms with Crippen molar-refractivity contribution >= 4 is 17.3 Å². The van der Waals surface area contributed by atoms with E-state index in [1.807, 2.05) is 18.2 Å². The highest BCUT2D eigenvalue weighted by atomic mass is 19.1. The lowest BCUT2D eigenvalue weighted by Gasteiger charge is -2.37. The van der Waals surface area contributed by atoms with Crippen molar-refractivity contribution in [2.75, 3.05) is 31.5 Å². The molecule has 0 unspecified atom stereocenters. The van der Waals surface area contributed by atoms with E-state index < -0.39 is 0 Å². The van der Waals surface area contributed by atoms with Crippen molar-refractivity contribution in [2.45, 2.75) is 6.54 Å². The van der Waals surface area contributed by atoms with E-state index in [-0.39, 0.29) is 23.2 Å². The summed E-state index contributed by atoms with van der Waals surface area (Å²) in [5, 5.41) is 2.82. The number of piperazine rings is 1. The number of carbonyl (C=O) groups excluding carboxylic acids is 1. The Morgan fingerprint density at radius 2 is 1.62 bits per heavy atom. The standard InChI is InChI=1S/C31H28F2N4O2/c1-22(37-17-15-36(16-18-37)21-23-5-8-25(32)9-6-23)24-7-14-30(34-20-24)31(38)35-27-10-12-28(13-11-27)39-29-4-2-3-26(33)19-29/h2-14,19-20H,1,15-18,21H2,(H,35,38). The van der Waals surface area contributed by atoms with Crippen molar-refractivity contribution in [2.24, 2.45) is 0 Å². The number of hydrogen-bond acceptors (Lipinski definition) is 5. The molecule has 1 saturated heterocycles. The Kier molecular flexibility index (Phi) is 7.94. The van der Waals surface area contributed by atoms with Crippen LogP contribution in [0.1, 0.15) is 21.6 Å². The van der Waals surface area contributed by atoms with Crippen LogP contribution in [0.3, 0.4) is 0 Å². The average Bonchev–Trinajstić information content (AvgIpc) is 2.95. The number of anilines is 1. The van der Waals surface area contributed by atoms with Crippen molar-refractivity contribution in [1.82, 2.24) is 14.8 Å². The highest BCUT2D eigenvalue weighted by molar-refractivity contribution is 6.02. The quantitative estimate of drug-likeness (QED) is 0.297. The maximum absolute atomic E-state index is 13.3. The summed E-state index contributed by atoms with van der Waals surface area (Å²) in [5.74, 6) is -0.0136. The van der Waals surface area contributed by atoms with E-state index in [0.717, 1.165) is 49.5 Å². The third-order valence-corrected chi connectivity index (χ3v) is 6.55. The molecule has 1 aliphatic heterocycles. The van der Waals surface area contributed by atoms with Gasteiger partial charge in [0.2, 0.25) is 0 Å². The van der Waals surface area contributed by atoms with Gasteiger partial charge in [-0.05, 0) is 66.2 Å². The number of benzene rings is 3. The molecule has 0 atom stereocenters. The van der Waals surface area contributed by atoms with Crippen LogP contribution in [0, 0.1) is 11.6 Å². The van der Waals surface area contributed by atoms with Gasteiger partial charge in [0.05, 0.1) is 0 Å². The van der Waals surface area contributed by atoms with Crippen LogP contribution in [-0.2, 0) is 6.54 Å². The summed E-state index contributed by atoms with van der Waals surface area (Å²) < 4.78 is 32.1. The van der Waals surface area contributed by atoms with Crippen LogP contribution < -0.4 is 10.1 Å². The summed E-state index contributed by atoms with van der Waals surface area (Å²) in [6.45, 7) is 8.42. The molecule has 1 fully saturated rings. The zero-order chi connectivity index (χ0) is 27.2. The maximum Gasteiger partial charge on any atom is 0.274 e. The number of nitrogens with zero attached hydrogens (tertiary/aromatic N) is 3. The minimum absolute atomic E-state index is 0.222. The smallest absolute Gasteiger partial charge is 0.274 e. The van der Waals surface area contributed by atoms with Crippen LogP contribution in [0.4, 0.5) is 14.5 Å². The minimum Gasteiger partial charge on any atom is -0.457 e. The molecule has 0 spiro atoms. The molecule has 8 heteroatoms. The highest BCUT2D eigenvalue weighted by Crippen LogP contribution is 2.24. The SMILES string of the molecule is C=C(c1ccc(C(=O)Nc2ccc(Oc3cccc(F)c3)cc2)nc1)N1CCN(Cc2ccc(F)cc2)CC1. The summed E-state index contributed by atoms with van der Waals surface area (Å²) in [6.07, 6.45) is 1.66. The zero-order valence-electron chi connectivity index (χ0n) is 21.3. The van der Waals surface area contributed by atoms with Gasteiger partial charge < -0.3 is 15.0 Å². The molecule has 1 N–H and O–H groups in total. The molecular formula is C31H28F2N4O2. The van der Waals surface area contributed by atoms with E-state index in [1.54, 1.807) is 48.7 Å². The van der Waals surface area contributed by atoms with E-state index in [2.05, 4.69) is 26.7 Å². The van der Waals surface area contributed by atoms with Crippen molar-refractivity contribution in [3.8, 4) is 11.5 Å². The van der Waals surface area contributed by atoms with Gasteiger partial charge in [-0.25, -0.2) is 8.78 Å². The van der Waals surface area contributed by atoms with Gasteiger partial charge in [0.15, 0.2) is 0 Å². The largest absolute Gasteiger partial charge is 0.457 e. The molecule has 1 aliphatic rings. The lowest BCUT2D eigenvalue weighted by molar-refractivity contribution is 0.102. The summed E-state index contributed by atoms with van der Waals surface area (Å²) in [4.78, 5) is 21.6. The van der Waals surface area contributed by atoms with Crippen molar-refractivity contribution in [1.29, 1.82) is 0 Å². The first-order chi connectivity index (χ1) is 18.9. The molecule has 4 aromatic rings. The molecule has 0 bridgehead atoms. The third-order valence-electron chi connectivity index (χ3n) is 6.55. The first-order valence-corrected chi connectivity index (χ1v) is 12.6. The molecular weight excluding hydrogens is 498 g/mol. The Bertz CT molecular complexity index is 1430. The van der Waals surface area contributed by atoms with E-state index in [0.29, 0.717) is 17.2 Å². The van der Waals surface area contributed by atoms with Crippen LogP contribution in [0.15, 0.2) is 97.7 Å². The maximum atomic E-state index is 13.3. The molecule has 0 aliphatic carbocycles. The molecule has 1 aromatic heterocycles. The average molecular weight is 527 g/mol. The molecule has 0 radical (unpaired) electrons. The Balaban J connectivity index is 1.11. The topological polar surface area (TPSA) is 57.7 Å². The van der Waals surface area contributed by atoms with Gasteiger partial charge in [-0.1, -0.05) is 24.8 Å². The summed E-state index contributed by atoms with van der Waals surface area (Å²) in [6, 6.07) is 22.9. The number of halogens is 2. The van der Waals surface area contributed by atoms with Crippen LogP contribution in [0.5, 0.6) is 11.5 Å². The fraction of sp³-hybridized carbons (Fsp3) is 0.161. The van der Waals surface area contributed by atoms with Crippen LogP contribution in [-0.4, -0.2) is 46.9 Å². The second-order valence-electron chi connectivity index (χ2n) is 9.31. The third kappa shape index (κ3) is 6.86. The molecule has 3 aromatic carbocycles. The summed E-state index contributed by atoms with van der Waals surface area (Å²) in [5.41, 5.74) is 3.69. The number of amides is 1. The van der Waals surface area contributed by atoms with Gasteiger partial charge >= 0.3 is 0 Å². The van der Waals surface area contributed by atoms with E-state index in [9.17, 15) is 13.6 Å². The monoisotopic (exact) mass is 526 g/mol. The lowest BCUT2D eigenvalue weighted by Crippen LogP contribution is -2.44. The van der Waals surface area contributed by atoms with Crippen LogP contribution >= 0.6 is 0 Å². The Morgan fingerprint density at radius 3 is 2.28 bits per heavy atom. The predicted molar refractivity (Wildman–Crippen MR) is 147 cm³/mol. The van der Waals surface area contributed by atoms with Gasteiger partial charge in [-0.2, -0.15) is 0 Å². The fourth-order valence-electron chi connectivity index (χ4n) is 4.37. The Labute approximate surface area is 226 Å².